The van der Waals surface area contributed by atoms with E-state index in [1.807, 2.05) is 10.2 Å². The maximum absolute atomic E-state index is 13.4. The first-order chi connectivity index (χ1) is 18.0. The number of amides is 3. The van der Waals surface area contributed by atoms with Crippen LogP contribution in [-0.2, 0) is 0 Å². The summed E-state index contributed by atoms with van der Waals surface area (Å²) in [5.74, 6) is -1.34. The van der Waals surface area contributed by atoms with Gasteiger partial charge in [0.25, 0.3) is 5.91 Å². The van der Waals surface area contributed by atoms with Gasteiger partial charge in [-0.2, -0.15) is 13.2 Å². The average molecular weight is 541 g/mol. The second kappa shape index (κ2) is 10.9. The number of anilines is 3. The molecule has 1 fully saturated rings. The molecular weight excluding hydrogens is 513 g/mol. The van der Waals surface area contributed by atoms with Crippen molar-refractivity contribution in [3.8, 4) is 5.88 Å². The number of ether oxygens (including phenoxy) is 1. The molecule has 4 heterocycles. The molecule has 2 aliphatic heterocycles. The van der Waals surface area contributed by atoms with Crippen LogP contribution in [0.5, 0.6) is 5.88 Å². The zero-order valence-corrected chi connectivity index (χ0v) is 20.6. The van der Waals surface area contributed by atoms with Gasteiger partial charge in [0.05, 0.1) is 18.3 Å². The predicted octanol–water partition coefficient (Wildman–Crippen LogP) is 1.01. The number of rotatable bonds is 7. The van der Waals surface area contributed by atoms with Crippen LogP contribution in [0.2, 0.25) is 0 Å². The lowest BCUT2D eigenvalue weighted by molar-refractivity contribution is -0.149. The third-order valence-electron chi connectivity index (χ3n) is 6.12. The summed E-state index contributed by atoms with van der Waals surface area (Å²) < 4.78 is 44.1. The molecule has 2 unspecified atom stereocenters. The van der Waals surface area contributed by atoms with E-state index < -0.39 is 42.7 Å². The first-order valence-electron chi connectivity index (χ1n) is 11.8. The molecule has 13 nitrogen and oxygen atoms in total. The van der Waals surface area contributed by atoms with Crippen LogP contribution in [0.3, 0.4) is 0 Å². The number of fused-ring (bicyclic) bond motifs is 4. The Balaban J connectivity index is 1.58. The lowest BCUT2D eigenvalue weighted by Gasteiger charge is -2.46. The van der Waals surface area contributed by atoms with Crippen LogP contribution in [0.4, 0.5) is 35.3 Å². The summed E-state index contributed by atoms with van der Waals surface area (Å²) in [4.78, 5) is 37.7. The van der Waals surface area contributed by atoms with Crippen LogP contribution in [-0.4, -0.2) is 93.0 Å². The van der Waals surface area contributed by atoms with E-state index in [-0.39, 0.29) is 30.2 Å². The van der Waals surface area contributed by atoms with Crippen molar-refractivity contribution in [2.24, 2.45) is 0 Å². The van der Waals surface area contributed by atoms with Gasteiger partial charge in [0.15, 0.2) is 11.6 Å². The van der Waals surface area contributed by atoms with Gasteiger partial charge in [-0.15, -0.1) is 10.2 Å². The quantitative estimate of drug-likeness (QED) is 0.398. The van der Waals surface area contributed by atoms with Crippen LogP contribution in [0.15, 0.2) is 12.1 Å². The van der Waals surface area contributed by atoms with E-state index in [0.29, 0.717) is 30.9 Å². The summed E-state index contributed by atoms with van der Waals surface area (Å²) in [6, 6.07) is -0.215. The minimum Gasteiger partial charge on any atom is -0.474 e. The van der Waals surface area contributed by atoms with Crippen molar-refractivity contribution in [2.45, 2.75) is 51.1 Å². The molecule has 2 aromatic heterocycles. The number of aliphatic hydroxyl groups excluding tert-OH is 2. The van der Waals surface area contributed by atoms with E-state index in [2.05, 4.69) is 25.5 Å². The molecule has 1 saturated heterocycles. The largest absolute Gasteiger partial charge is 0.474 e. The van der Waals surface area contributed by atoms with Crippen molar-refractivity contribution in [3.63, 3.8) is 0 Å². The summed E-state index contributed by atoms with van der Waals surface area (Å²) in [6.45, 7) is 2.91. The van der Waals surface area contributed by atoms with Gasteiger partial charge in [0, 0.05) is 19.2 Å². The van der Waals surface area contributed by atoms with E-state index in [9.17, 15) is 27.9 Å². The minimum atomic E-state index is -4.65. The molecule has 2 bridgehead atoms. The van der Waals surface area contributed by atoms with Gasteiger partial charge in [-0.3, -0.25) is 15.0 Å². The summed E-state index contributed by atoms with van der Waals surface area (Å²) in [5.41, 5.74) is 0.873. The van der Waals surface area contributed by atoms with Crippen molar-refractivity contribution in [2.75, 3.05) is 41.4 Å². The lowest BCUT2D eigenvalue weighted by atomic mass is 9.99. The highest BCUT2D eigenvalue weighted by molar-refractivity contribution is 6.04. The van der Waals surface area contributed by atoms with Crippen molar-refractivity contribution < 1.29 is 37.7 Å². The zero-order valence-electron chi connectivity index (χ0n) is 20.6. The van der Waals surface area contributed by atoms with Crippen molar-refractivity contribution >= 4 is 29.3 Å². The second-order valence-electron chi connectivity index (χ2n) is 8.99. The maximum Gasteiger partial charge on any atom is 0.408 e. The Morgan fingerprint density at radius 3 is 2.68 bits per heavy atom. The van der Waals surface area contributed by atoms with Crippen molar-refractivity contribution in [1.29, 1.82) is 0 Å². The van der Waals surface area contributed by atoms with Gasteiger partial charge in [-0.05, 0) is 32.8 Å². The molecule has 38 heavy (non-hydrogen) atoms. The predicted molar refractivity (Wildman–Crippen MR) is 127 cm³/mol. The first-order valence-corrected chi connectivity index (χ1v) is 11.8. The number of piperidine rings is 1. The van der Waals surface area contributed by atoms with Crippen molar-refractivity contribution in [3.05, 3.63) is 23.7 Å². The van der Waals surface area contributed by atoms with E-state index in [1.54, 1.807) is 6.92 Å². The van der Waals surface area contributed by atoms with Crippen molar-refractivity contribution in [1.82, 2.24) is 25.5 Å². The third-order valence-corrected chi connectivity index (χ3v) is 6.12. The summed E-state index contributed by atoms with van der Waals surface area (Å²) >= 11 is 0. The number of hydrogen-bond donors (Lipinski definition) is 4. The molecule has 4 N–H and O–H groups in total. The van der Waals surface area contributed by atoms with Gasteiger partial charge in [0.1, 0.15) is 24.4 Å². The number of urea groups is 1. The molecular formula is C22H27F3N8O5. The Labute approximate surface area is 215 Å². The molecule has 0 radical (unpaired) electrons. The Hall–Kier alpha value is -3.79. The maximum atomic E-state index is 13.4. The van der Waals surface area contributed by atoms with Gasteiger partial charge in [-0.1, -0.05) is 0 Å². The van der Waals surface area contributed by atoms with Crippen LogP contribution in [0.25, 0.3) is 0 Å². The fourth-order valence-electron chi connectivity index (χ4n) is 4.21. The van der Waals surface area contributed by atoms with Crippen LogP contribution in [0, 0.1) is 6.92 Å². The number of aryl methyl sites for hydroxylation is 1. The number of halogens is 3. The standard InChI is InChI=1S/C22H27F3N8O5/c1-11-17-19(29-18(26-11)20(36)27-12(2)22(23,24)25)33(13-4-3-7-32(17)8-13)21(37)28-15-5-6-16(31-30-15)38-10-14(35)9-34/h5-6,12-14,34-35H,3-4,7-10H2,1-2H3,(H,27,36)(H,28,30,37)/t12?,13-,14?/m0/s1. The van der Waals surface area contributed by atoms with Crippen LogP contribution in [0.1, 0.15) is 36.1 Å². The summed E-state index contributed by atoms with van der Waals surface area (Å²) in [7, 11) is 0. The fraction of sp³-hybridized carbons (Fsp3) is 0.545. The Morgan fingerprint density at radius 1 is 1.26 bits per heavy atom. The highest BCUT2D eigenvalue weighted by Gasteiger charge is 2.41. The smallest absolute Gasteiger partial charge is 0.408 e. The second-order valence-corrected chi connectivity index (χ2v) is 8.99. The number of alkyl halides is 3. The van der Waals surface area contributed by atoms with E-state index in [1.165, 1.54) is 17.0 Å². The molecule has 16 heteroatoms. The van der Waals surface area contributed by atoms with Gasteiger partial charge >= 0.3 is 12.2 Å². The van der Waals surface area contributed by atoms with Gasteiger partial charge in [0.2, 0.25) is 11.7 Å². The number of aromatic nitrogens is 4. The number of carbonyl (C=O) groups is 2. The Morgan fingerprint density at radius 2 is 2.03 bits per heavy atom. The van der Waals surface area contributed by atoms with E-state index in [4.69, 9.17) is 9.84 Å². The Kier molecular flexibility index (Phi) is 7.82. The molecule has 3 amide bonds. The number of carbonyl (C=O) groups excluding carboxylic acids is 2. The lowest BCUT2D eigenvalue weighted by Crippen LogP contribution is -2.56. The van der Waals surface area contributed by atoms with Gasteiger partial charge < -0.3 is 25.2 Å². The first kappa shape index (κ1) is 27.3. The normalized spacial score (nSPS) is 18.3. The SMILES string of the molecule is Cc1nc(C(=O)NC(C)C(F)(F)F)nc2c1N1CCC[C@@H](C1)N2C(=O)Nc1ccc(OCC(O)CO)nn1. The molecule has 0 spiro atoms. The Bertz CT molecular complexity index is 1180. The zero-order chi connectivity index (χ0) is 27.6. The molecule has 206 valence electrons. The molecule has 2 aromatic rings. The van der Waals surface area contributed by atoms with E-state index in [0.717, 1.165) is 13.3 Å². The van der Waals surface area contributed by atoms with Gasteiger partial charge in [-0.25, -0.2) is 14.8 Å². The van der Waals surface area contributed by atoms with E-state index >= 15 is 0 Å². The molecule has 0 aromatic carbocycles. The number of hydrogen-bond acceptors (Lipinski definition) is 10. The third kappa shape index (κ3) is 5.85. The molecule has 3 atom stereocenters. The molecule has 4 rings (SSSR count). The average Bonchev–Trinajstić information content (AvgIpc) is 2.87. The minimum absolute atomic E-state index is 0.0637. The number of nitrogens with zero attached hydrogens (tertiary/aromatic N) is 6. The molecule has 2 aliphatic rings. The molecule has 0 aliphatic carbocycles. The summed E-state index contributed by atoms with van der Waals surface area (Å²) in [5, 5.41) is 30.4. The highest BCUT2D eigenvalue weighted by Crippen LogP contribution is 2.39. The molecule has 0 saturated carbocycles. The monoisotopic (exact) mass is 540 g/mol. The topological polar surface area (TPSA) is 166 Å². The highest BCUT2D eigenvalue weighted by atomic mass is 19.4. The van der Waals surface area contributed by atoms with Crippen LogP contribution < -0.4 is 25.2 Å². The number of aliphatic hydroxyl groups is 2. The summed E-state index contributed by atoms with van der Waals surface area (Å²) in [6.07, 6.45) is -4.30. The number of nitrogens with one attached hydrogen (secondary N) is 2. The van der Waals surface area contributed by atoms with Crippen LogP contribution >= 0.6 is 0 Å². The fourth-order valence-corrected chi connectivity index (χ4v) is 4.21.